The molecule has 0 rings (SSSR count). The molecule has 0 amide bonds. The van der Waals surface area contributed by atoms with E-state index in [-0.39, 0.29) is 6.42 Å². The molecule has 0 bridgehead atoms. The molecule has 0 saturated heterocycles. The standard InChI is InChI=1S/C9H21NO4/c1-2-3-4-5-6-7-8(10,11)9(12,13)14/h11-14H,2-7,10H2,1H3. The Morgan fingerprint density at radius 3 is 1.86 bits per heavy atom. The van der Waals surface area contributed by atoms with Crippen LogP contribution in [0.1, 0.15) is 45.4 Å². The first kappa shape index (κ1) is 13.8. The van der Waals surface area contributed by atoms with Crippen LogP contribution in [0.25, 0.3) is 0 Å². The Hall–Kier alpha value is -0.200. The molecule has 1 atom stereocenters. The summed E-state index contributed by atoms with van der Waals surface area (Å²) in [5, 5.41) is 35.3. The fourth-order valence-corrected chi connectivity index (χ4v) is 1.17. The van der Waals surface area contributed by atoms with E-state index in [0.29, 0.717) is 6.42 Å². The summed E-state index contributed by atoms with van der Waals surface area (Å²) in [6.07, 6.45) is 4.59. The third-order valence-corrected chi connectivity index (χ3v) is 2.24. The molecule has 0 aliphatic carbocycles. The Kier molecular flexibility index (Phi) is 5.54. The number of unbranched alkanes of at least 4 members (excludes halogenated alkanes) is 4. The minimum absolute atomic E-state index is 0.0415. The van der Waals surface area contributed by atoms with Crippen molar-refractivity contribution in [2.75, 3.05) is 0 Å². The molecule has 0 heterocycles. The molecule has 6 N–H and O–H groups in total. The van der Waals surface area contributed by atoms with Crippen molar-refractivity contribution >= 4 is 0 Å². The smallest absolute Gasteiger partial charge is 0.320 e. The highest BCUT2D eigenvalue weighted by molar-refractivity contribution is 4.77. The van der Waals surface area contributed by atoms with Crippen LogP contribution in [-0.2, 0) is 0 Å². The molecule has 0 aliphatic rings. The van der Waals surface area contributed by atoms with Crippen molar-refractivity contribution in [3.8, 4) is 0 Å². The van der Waals surface area contributed by atoms with E-state index in [9.17, 15) is 5.11 Å². The maximum Gasteiger partial charge on any atom is 0.320 e. The number of hydrogen-bond acceptors (Lipinski definition) is 5. The first-order valence-corrected chi connectivity index (χ1v) is 4.99. The van der Waals surface area contributed by atoms with Gasteiger partial charge in [-0.25, -0.2) is 0 Å². The lowest BCUT2D eigenvalue weighted by Gasteiger charge is -2.31. The summed E-state index contributed by atoms with van der Waals surface area (Å²) in [6.45, 7) is 2.08. The monoisotopic (exact) mass is 207 g/mol. The molecule has 14 heavy (non-hydrogen) atoms. The van der Waals surface area contributed by atoms with Gasteiger partial charge < -0.3 is 20.4 Å². The Bertz CT molecular complexity index is 153. The highest BCUT2D eigenvalue weighted by Crippen LogP contribution is 2.19. The van der Waals surface area contributed by atoms with Gasteiger partial charge in [0, 0.05) is 0 Å². The molecular formula is C9H21NO4. The second-order valence-corrected chi connectivity index (χ2v) is 3.72. The first-order chi connectivity index (χ1) is 6.31. The van der Waals surface area contributed by atoms with E-state index in [1.54, 1.807) is 0 Å². The van der Waals surface area contributed by atoms with Gasteiger partial charge in [0.2, 0.25) is 0 Å². The number of aliphatic hydroxyl groups is 4. The van der Waals surface area contributed by atoms with E-state index in [1.807, 2.05) is 0 Å². The molecule has 0 saturated carbocycles. The lowest BCUT2D eigenvalue weighted by molar-refractivity contribution is -0.391. The average molecular weight is 207 g/mol. The minimum Gasteiger partial charge on any atom is -0.369 e. The summed E-state index contributed by atoms with van der Waals surface area (Å²) < 4.78 is 0. The summed E-state index contributed by atoms with van der Waals surface area (Å²) >= 11 is 0. The molecule has 0 fully saturated rings. The van der Waals surface area contributed by atoms with Crippen molar-refractivity contribution in [2.24, 2.45) is 5.73 Å². The third-order valence-electron chi connectivity index (χ3n) is 2.24. The zero-order chi connectivity index (χ0) is 11.2. The van der Waals surface area contributed by atoms with Crippen LogP contribution in [0.4, 0.5) is 0 Å². The Morgan fingerprint density at radius 1 is 0.929 bits per heavy atom. The number of hydrogen-bond donors (Lipinski definition) is 5. The van der Waals surface area contributed by atoms with Crippen LogP contribution in [0.2, 0.25) is 0 Å². The van der Waals surface area contributed by atoms with Gasteiger partial charge in [0.05, 0.1) is 0 Å². The van der Waals surface area contributed by atoms with Crippen LogP contribution in [0, 0.1) is 0 Å². The van der Waals surface area contributed by atoms with Crippen molar-refractivity contribution in [1.29, 1.82) is 0 Å². The molecule has 1 unspecified atom stereocenters. The number of nitrogens with two attached hydrogens (primary N) is 1. The summed E-state index contributed by atoms with van der Waals surface area (Å²) in [5.41, 5.74) is 2.77. The van der Waals surface area contributed by atoms with Crippen molar-refractivity contribution in [1.82, 2.24) is 0 Å². The number of rotatable bonds is 7. The van der Waals surface area contributed by atoms with Crippen LogP contribution < -0.4 is 5.73 Å². The lowest BCUT2D eigenvalue weighted by Crippen LogP contribution is -2.60. The molecule has 0 aromatic carbocycles. The van der Waals surface area contributed by atoms with Gasteiger partial charge in [0.25, 0.3) is 0 Å². The van der Waals surface area contributed by atoms with Gasteiger partial charge in [-0.1, -0.05) is 32.6 Å². The van der Waals surface area contributed by atoms with Crippen LogP contribution >= 0.6 is 0 Å². The average Bonchev–Trinajstić information content (AvgIpc) is 2.02. The van der Waals surface area contributed by atoms with Gasteiger partial charge in [-0.3, -0.25) is 5.73 Å². The van der Waals surface area contributed by atoms with Crippen molar-refractivity contribution in [2.45, 2.75) is 57.1 Å². The van der Waals surface area contributed by atoms with Gasteiger partial charge in [-0.05, 0) is 12.8 Å². The van der Waals surface area contributed by atoms with Gasteiger partial charge in [-0.15, -0.1) is 0 Å². The molecule has 5 nitrogen and oxygen atoms in total. The predicted octanol–water partition coefficient (Wildman–Crippen LogP) is -0.375. The van der Waals surface area contributed by atoms with E-state index in [0.717, 1.165) is 25.7 Å². The van der Waals surface area contributed by atoms with Gasteiger partial charge in [0.15, 0.2) is 5.72 Å². The van der Waals surface area contributed by atoms with Crippen LogP contribution in [0.3, 0.4) is 0 Å². The van der Waals surface area contributed by atoms with E-state index < -0.39 is 11.7 Å². The Labute approximate surface area is 84.2 Å². The summed E-state index contributed by atoms with van der Waals surface area (Å²) in [6, 6.07) is 0. The predicted molar refractivity (Wildman–Crippen MR) is 51.9 cm³/mol. The normalized spacial score (nSPS) is 16.7. The maximum atomic E-state index is 9.24. The van der Waals surface area contributed by atoms with Gasteiger partial charge in [0.1, 0.15) is 0 Å². The largest absolute Gasteiger partial charge is 0.369 e. The Morgan fingerprint density at radius 2 is 1.43 bits per heavy atom. The first-order valence-electron chi connectivity index (χ1n) is 4.99. The highest BCUT2D eigenvalue weighted by atomic mass is 16.7. The zero-order valence-corrected chi connectivity index (χ0v) is 8.61. The van der Waals surface area contributed by atoms with E-state index in [4.69, 9.17) is 21.1 Å². The molecule has 0 radical (unpaired) electrons. The third kappa shape index (κ3) is 4.88. The summed E-state index contributed by atoms with van der Waals surface area (Å²) in [5.74, 6) is -3.22. The van der Waals surface area contributed by atoms with E-state index in [1.165, 1.54) is 0 Å². The SMILES string of the molecule is CCCCCCCC(N)(O)C(O)(O)O. The fraction of sp³-hybridized carbons (Fsp3) is 1.00. The van der Waals surface area contributed by atoms with Crippen LogP contribution in [0.15, 0.2) is 0 Å². The molecule has 0 spiro atoms. The summed E-state index contributed by atoms with van der Waals surface area (Å²) in [4.78, 5) is 0. The molecule has 0 aromatic rings. The molecule has 0 aliphatic heterocycles. The lowest BCUT2D eigenvalue weighted by atomic mass is 10.0. The fourth-order valence-electron chi connectivity index (χ4n) is 1.17. The second-order valence-electron chi connectivity index (χ2n) is 3.72. The topological polar surface area (TPSA) is 107 Å². The van der Waals surface area contributed by atoms with E-state index >= 15 is 0 Å². The minimum atomic E-state index is -3.22. The van der Waals surface area contributed by atoms with Crippen molar-refractivity contribution in [3.05, 3.63) is 0 Å². The van der Waals surface area contributed by atoms with Crippen LogP contribution in [-0.4, -0.2) is 32.1 Å². The van der Waals surface area contributed by atoms with Crippen molar-refractivity contribution in [3.63, 3.8) is 0 Å². The Balaban J connectivity index is 3.67. The van der Waals surface area contributed by atoms with Crippen molar-refractivity contribution < 1.29 is 20.4 Å². The van der Waals surface area contributed by atoms with Crippen LogP contribution in [0.5, 0.6) is 0 Å². The van der Waals surface area contributed by atoms with Gasteiger partial charge in [-0.2, -0.15) is 0 Å². The maximum absolute atomic E-state index is 9.24. The highest BCUT2D eigenvalue weighted by Gasteiger charge is 2.43. The second kappa shape index (κ2) is 5.63. The quantitative estimate of drug-likeness (QED) is 0.289. The summed E-state index contributed by atoms with van der Waals surface area (Å²) in [7, 11) is 0. The van der Waals surface area contributed by atoms with Gasteiger partial charge >= 0.3 is 5.97 Å². The molecule has 0 aromatic heterocycles. The molecule has 5 heteroatoms. The van der Waals surface area contributed by atoms with E-state index in [2.05, 4.69) is 6.92 Å². The molecule has 86 valence electrons. The molecular weight excluding hydrogens is 186 g/mol. The zero-order valence-electron chi connectivity index (χ0n) is 8.61.